The summed E-state index contributed by atoms with van der Waals surface area (Å²) in [5.41, 5.74) is 3.44. The molecule has 0 aliphatic heterocycles. The molecule has 6 heteroatoms. The van der Waals surface area contributed by atoms with Crippen LogP contribution in [-0.2, 0) is 7.05 Å². The maximum absolute atomic E-state index is 12.5. The summed E-state index contributed by atoms with van der Waals surface area (Å²) in [7, 11) is 3.37. The number of aromatic nitrogens is 2. The summed E-state index contributed by atoms with van der Waals surface area (Å²) in [5.74, 6) is 0.191. The summed E-state index contributed by atoms with van der Waals surface area (Å²) in [4.78, 5) is 23.2. The minimum Gasteiger partial charge on any atom is -0.496 e. The number of amides is 1. The largest absolute Gasteiger partial charge is 0.496 e. The van der Waals surface area contributed by atoms with Gasteiger partial charge in [0.2, 0.25) is 0 Å². The molecule has 3 aromatic rings. The average molecular weight is 335 g/mol. The van der Waals surface area contributed by atoms with Crippen LogP contribution < -0.4 is 10.1 Å². The van der Waals surface area contributed by atoms with E-state index in [0.29, 0.717) is 22.6 Å². The summed E-state index contributed by atoms with van der Waals surface area (Å²) in [6.07, 6.45) is 4.40. The van der Waals surface area contributed by atoms with Crippen molar-refractivity contribution in [1.29, 1.82) is 0 Å². The van der Waals surface area contributed by atoms with Gasteiger partial charge in [0.15, 0.2) is 0 Å². The number of hydrogen-bond donors (Lipinski definition) is 1. The molecule has 0 unspecified atom stereocenters. The number of nitrogens with zero attached hydrogens (tertiary/aromatic N) is 2. The molecule has 0 spiro atoms. The normalized spacial score (nSPS) is 10.3. The fraction of sp³-hybridized carbons (Fsp3) is 0.105. The van der Waals surface area contributed by atoms with Gasteiger partial charge in [0, 0.05) is 30.1 Å². The second-order valence-corrected chi connectivity index (χ2v) is 5.51. The number of ether oxygens (including phenoxy) is 1. The van der Waals surface area contributed by atoms with E-state index in [1.54, 1.807) is 47.3 Å². The fourth-order valence-electron chi connectivity index (χ4n) is 2.47. The van der Waals surface area contributed by atoms with Crippen molar-refractivity contribution in [3.05, 3.63) is 66.0 Å². The van der Waals surface area contributed by atoms with Crippen molar-refractivity contribution in [3.63, 3.8) is 0 Å². The van der Waals surface area contributed by atoms with Crippen LogP contribution in [0.5, 0.6) is 5.75 Å². The van der Waals surface area contributed by atoms with Gasteiger partial charge >= 0.3 is 0 Å². The van der Waals surface area contributed by atoms with Crippen LogP contribution in [0.3, 0.4) is 0 Å². The zero-order valence-electron chi connectivity index (χ0n) is 13.9. The minimum absolute atomic E-state index is 0.284. The quantitative estimate of drug-likeness (QED) is 0.727. The Kier molecular flexibility index (Phi) is 4.61. The number of aldehydes is 1. The van der Waals surface area contributed by atoms with E-state index < -0.39 is 0 Å². The topological polar surface area (TPSA) is 73.2 Å². The first-order chi connectivity index (χ1) is 12.1. The van der Waals surface area contributed by atoms with Crippen molar-refractivity contribution in [2.24, 2.45) is 7.05 Å². The van der Waals surface area contributed by atoms with Crippen LogP contribution in [0.1, 0.15) is 20.7 Å². The van der Waals surface area contributed by atoms with E-state index in [9.17, 15) is 9.59 Å². The Balaban J connectivity index is 1.85. The molecule has 3 rings (SSSR count). The second-order valence-electron chi connectivity index (χ2n) is 5.51. The van der Waals surface area contributed by atoms with Crippen molar-refractivity contribution < 1.29 is 14.3 Å². The van der Waals surface area contributed by atoms with E-state index in [1.165, 1.54) is 7.11 Å². The molecule has 0 aliphatic carbocycles. The van der Waals surface area contributed by atoms with E-state index >= 15 is 0 Å². The number of carbonyl (C=O) groups is 2. The predicted molar refractivity (Wildman–Crippen MR) is 95.0 cm³/mol. The van der Waals surface area contributed by atoms with Crippen molar-refractivity contribution in [3.8, 4) is 16.9 Å². The lowest BCUT2D eigenvalue weighted by molar-refractivity contribution is 0.102. The van der Waals surface area contributed by atoms with Crippen LogP contribution in [-0.4, -0.2) is 29.1 Å². The second kappa shape index (κ2) is 7.00. The Labute approximate surface area is 145 Å². The average Bonchev–Trinajstić information content (AvgIpc) is 3.08. The van der Waals surface area contributed by atoms with E-state index in [0.717, 1.165) is 17.4 Å². The van der Waals surface area contributed by atoms with Gasteiger partial charge < -0.3 is 10.1 Å². The lowest BCUT2D eigenvalue weighted by Gasteiger charge is -2.11. The highest BCUT2D eigenvalue weighted by atomic mass is 16.5. The number of anilines is 1. The predicted octanol–water partition coefficient (Wildman–Crippen LogP) is 3.16. The molecule has 0 saturated heterocycles. The molecule has 1 N–H and O–H groups in total. The molecule has 25 heavy (non-hydrogen) atoms. The highest BCUT2D eigenvalue weighted by Gasteiger charge is 2.14. The first-order valence-corrected chi connectivity index (χ1v) is 7.64. The molecule has 0 bridgehead atoms. The summed E-state index contributed by atoms with van der Waals surface area (Å²) >= 11 is 0. The number of aryl methyl sites for hydroxylation is 1. The third kappa shape index (κ3) is 3.58. The first-order valence-electron chi connectivity index (χ1n) is 7.64. The monoisotopic (exact) mass is 335 g/mol. The zero-order chi connectivity index (χ0) is 17.8. The molecule has 0 saturated carbocycles. The third-order valence-electron chi connectivity index (χ3n) is 3.79. The van der Waals surface area contributed by atoms with Gasteiger partial charge in [0.25, 0.3) is 5.91 Å². The molecule has 1 aromatic heterocycles. The molecule has 2 aromatic carbocycles. The van der Waals surface area contributed by atoms with E-state index in [1.807, 2.05) is 19.3 Å². The van der Waals surface area contributed by atoms with E-state index in [4.69, 9.17) is 4.74 Å². The standard InChI is InChI=1S/C19H17N3O3/c1-22-11-15(10-20-22)14-5-8-17(18(9-14)25-2)19(24)21-16-6-3-13(12-23)4-7-16/h3-12H,1-2H3,(H,21,24). The smallest absolute Gasteiger partial charge is 0.259 e. The number of carbonyl (C=O) groups excluding carboxylic acids is 2. The van der Waals surface area contributed by atoms with Crippen molar-refractivity contribution >= 4 is 17.9 Å². The highest BCUT2D eigenvalue weighted by Crippen LogP contribution is 2.27. The Morgan fingerprint density at radius 3 is 2.52 bits per heavy atom. The van der Waals surface area contributed by atoms with Gasteiger partial charge in [0.05, 0.1) is 18.9 Å². The Bertz CT molecular complexity index is 914. The Hall–Kier alpha value is -3.41. The fourth-order valence-corrected chi connectivity index (χ4v) is 2.47. The van der Waals surface area contributed by atoms with Crippen LogP contribution >= 0.6 is 0 Å². The zero-order valence-corrected chi connectivity index (χ0v) is 13.9. The molecule has 0 aliphatic rings. The molecular formula is C19H17N3O3. The van der Waals surface area contributed by atoms with Gasteiger partial charge in [-0.15, -0.1) is 0 Å². The van der Waals surface area contributed by atoms with Crippen LogP contribution in [0.15, 0.2) is 54.9 Å². The van der Waals surface area contributed by atoms with Crippen molar-refractivity contribution in [1.82, 2.24) is 9.78 Å². The molecule has 1 heterocycles. The van der Waals surface area contributed by atoms with Gasteiger partial charge in [0.1, 0.15) is 12.0 Å². The Morgan fingerprint density at radius 2 is 1.92 bits per heavy atom. The number of rotatable bonds is 5. The lowest BCUT2D eigenvalue weighted by Crippen LogP contribution is -2.13. The van der Waals surface area contributed by atoms with Crippen LogP contribution in [0.2, 0.25) is 0 Å². The third-order valence-corrected chi connectivity index (χ3v) is 3.79. The number of nitrogens with one attached hydrogen (secondary N) is 1. The molecular weight excluding hydrogens is 318 g/mol. The summed E-state index contributed by atoms with van der Waals surface area (Å²) < 4.78 is 7.09. The van der Waals surface area contributed by atoms with Crippen molar-refractivity contribution in [2.45, 2.75) is 0 Å². The number of methoxy groups -OCH3 is 1. The maximum atomic E-state index is 12.5. The molecule has 0 atom stereocenters. The van der Waals surface area contributed by atoms with Crippen LogP contribution in [0.25, 0.3) is 11.1 Å². The van der Waals surface area contributed by atoms with Crippen LogP contribution in [0, 0.1) is 0 Å². The van der Waals surface area contributed by atoms with Crippen molar-refractivity contribution in [2.75, 3.05) is 12.4 Å². The molecule has 0 fully saturated rings. The minimum atomic E-state index is -0.284. The molecule has 1 amide bonds. The maximum Gasteiger partial charge on any atom is 0.259 e. The van der Waals surface area contributed by atoms with Gasteiger partial charge in [-0.3, -0.25) is 14.3 Å². The summed E-state index contributed by atoms with van der Waals surface area (Å²) in [6, 6.07) is 12.0. The summed E-state index contributed by atoms with van der Waals surface area (Å²) in [5, 5.41) is 6.94. The lowest BCUT2D eigenvalue weighted by atomic mass is 10.1. The number of benzene rings is 2. The first kappa shape index (κ1) is 16.4. The molecule has 6 nitrogen and oxygen atoms in total. The molecule has 0 radical (unpaired) electrons. The van der Waals surface area contributed by atoms with Gasteiger partial charge in [-0.2, -0.15) is 5.10 Å². The van der Waals surface area contributed by atoms with E-state index in [-0.39, 0.29) is 5.91 Å². The van der Waals surface area contributed by atoms with Gasteiger partial charge in [-0.1, -0.05) is 6.07 Å². The Morgan fingerprint density at radius 1 is 1.16 bits per heavy atom. The number of hydrogen-bond acceptors (Lipinski definition) is 4. The van der Waals surface area contributed by atoms with Gasteiger partial charge in [-0.05, 0) is 42.0 Å². The SMILES string of the molecule is COc1cc(-c2cnn(C)c2)ccc1C(=O)Nc1ccc(C=O)cc1. The molecule has 126 valence electrons. The van der Waals surface area contributed by atoms with E-state index in [2.05, 4.69) is 10.4 Å². The van der Waals surface area contributed by atoms with Gasteiger partial charge in [-0.25, -0.2) is 0 Å². The highest BCUT2D eigenvalue weighted by molar-refractivity contribution is 6.06. The van der Waals surface area contributed by atoms with Crippen LogP contribution in [0.4, 0.5) is 5.69 Å². The summed E-state index contributed by atoms with van der Waals surface area (Å²) in [6.45, 7) is 0.